The standard InChI is InChI=1S/C28H25NO3.C20H19NO2.C8H7BrO/c1-2-26(27(30)17-20-8-9-24-18-29-15-14-23(24)16-20)21-10-12-25(13-11-21)32-19-28(31)22-6-4-3-5-7-22;1-2-19(15-5-7-18(22)8-6-15)20(23)12-14-3-4-17-13-21-10-9-16(17)11-14;9-6-8(10)7-4-2-1-3-5-7/h3-16,18,26H,2,17,19H2,1H3;3-11,13,19,22H,2,12H2,1H3;1-5H,6H2. The number of fused-ring (bicyclic) bond motifs is 2. The Morgan fingerprint density at radius 3 is 1.43 bits per heavy atom. The maximum absolute atomic E-state index is 13.0. The summed E-state index contributed by atoms with van der Waals surface area (Å²) in [5.74, 6) is 0.970. The van der Waals surface area contributed by atoms with Gasteiger partial charge >= 0.3 is 0 Å². The first kappa shape index (κ1) is 47.4. The summed E-state index contributed by atoms with van der Waals surface area (Å²) in [6.07, 6.45) is 9.46. The molecule has 8 rings (SSSR count). The van der Waals surface area contributed by atoms with Crippen LogP contribution in [0.5, 0.6) is 11.5 Å². The first-order valence-corrected chi connectivity index (χ1v) is 22.7. The number of carbonyl (C=O) groups is 4. The van der Waals surface area contributed by atoms with E-state index in [2.05, 4.69) is 38.0 Å². The van der Waals surface area contributed by atoms with Crippen molar-refractivity contribution < 1.29 is 29.0 Å². The third-order valence-corrected chi connectivity index (χ3v) is 11.5. The Kier molecular flexibility index (Phi) is 17.6. The molecule has 0 aliphatic rings. The number of benzene rings is 6. The van der Waals surface area contributed by atoms with Crippen LogP contribution in [0, 0.1) is 0 Å². The van der Waals surface area contributed by atoms with Crippen LogP contribution in [0.1, 0.15) is 81.5 Å². The Balaban J connectivity index is 0.000000184. The number of rotatable bonds is 16. The van der Waals surface area contributed by atoms with E-state index >= 15 is 0 Å². The second-order valence-electron chi connectivity index (χ2n) is 15.5. The third kappa shape index (κ3) is 13.7. The average Bonchev–Trinajstić information content (AvgIpc) is 3.35. The lowest BCUT2D eigenvalue weighted by atomic mass is 9.88. The highest BCUT2D eigenvalue weighted by molar-refractivity contribution is 9.09. The summed E-state index contributed by atoms with van der Waals surface area (Å²) in [6, 6.07) is 48.8. The molecule has 0 saturated heterocycles. The molecule has 8 aromatic rings. The maximum Gasteiger partial charge on any atom is 0.200 e. The Bertz CT molecular complexity index is 2810. The van der Waals surface area contributed by atoms with Crippen molar-refractivity contribution in [3.8, 4) is 11.5 Å². The topological polar surface area (TPSA) is 124 Å². The van der Waals surface area contributed by atoms with Gasteiger partial charge in [-0.1, -0.05) is 151 Å². The molecule has 0 bridgehead atoms. The molecule has 0 fully saturated rings. The summed E-state index contributed by atoms with van der Waals surface area (Å²) >= 11 is 3.10. The Hall–Kier alpha value is -7.10. The molecule has 0 amide bonds. The second kappa shape index (κ2) is 24.1. The lowest BCUT2D eigenvalue weighted by Crippen LogP contribution is -2.15. The summed E-state index contributed by atoms with van der Waals surface area (Å²) in [4.78, 5) is 57.2. The van der Waals surface area contributed by atoms with E-state index in [-0.39, 0.29) is 47.3 Å². The molecule has 328 valence electrons. The van der Waals surface area contributed by atoms with E-state index in [0.29, 0.717) is 29.5 Å². The van der Waals surface area contributed by atoms with Gasteiger partial charge in [-0.05, 0) is 82.3 Å². The van der Waals surface area contributed by atoms with Crippen LogP contribution in [-0.4, -0.2) is 50.1 Å². The van der Waals surface area contributed by atoms with Gasteiger partial charge in [0, 0.05) is 71.4 Å². The number of halogens is 1. The lowest BCUT2D eigenvalue weighted by molar-refractivity contribution is -0.120. The Labute approximate surface area is 388 Å². The van der Waals surface area contributed by atoms with E-state index < -0.39 is 0 Å². The fourth-order valence-electron chi connectivity index (χ4n) is 7.49. The highest BCUT2D eigenvalue weighted by Gasteiger charge is 2.20. The maximum atomic E-state index is 13.0. The number of nitrogens with zero attached hydrogens (tertiary/aromatic N) is 2. The largest absolute Gasteiger partial charge is 0.508 e. The molecule has 2 aromatic heterocycles. The van der Waals surface area contributed by atoms with E-state index in [9.17, 15) is 24.3 Å². The minimum atomic E-state index is -0.178. The van der Waals surface area contributed by atoms with Crippen molar-refractivity contribution in [1.29, 1.82) is 0 Å². The van der Waals surface area contributed by atoms with E-state index in [0.717, 1.165) is 62.2 Å². The number of phenolic OH excluding ortho intramolecular Hbond substituents is 1. The fraction of sp³-hybridized carbons (Fsp3) is 0.179. The predicted molar refractivity (Wildman–Crippen MR) is 262 cm³/mol. The summed E-state index contributed by atoms with van der Waals surface area (Å²) in [6.45, 7) is 4.02. The smallest absolute Gasteiger partial charge is 0.200 e. The lowest BCUT2D eigenvalue weighted by Gasteiger charge is -2.15. The molecule has 9 heteroatoms. The molecule has 0 spiro atoms. The number of hydrogen-bond acceptors (Lipinski definition) is 8. The molecule has 6 aromatic carbocycles. The van der Waals surface area contributed by atoms with Crippen LogP contribution >= 0.6 is 15.9 Å². The van der Waals surface area contributed by atoms with Gasteiger partial charge in [0.05, 0.1) is 5.33 Å². The van der Waals surface area contributed by atoms with Gasteiger partial charge in [0.15, 0.2) is 18.2 Å². The summed E-state index contributed by atoms with van der Waals surface area (Å²) < 4.78 is 5.65. The normalized spacial score (nSPS) is 11.6. The van der Waals surface area contributed by atoms with Crippen molar-refractivity contribution in [3.63, 3.8) is 0 Å². The number of pyridine rings is 2. The third-order valence-electron chi connectivity index (χ3n) is 11.0. The van der Waals surface area contributed by atoms with Gasteiger partial charge in [-0.3, -0.25) is 29.1 Å². The number of carbonyl (C=O) groups excluding carboxylic acids is 4. The van der Waals surface area contributed by atoms with Crippen LogP contribution in [-0.2, 0) is 22.4 Å². The zero-order valence-electron chi connectivity index (χ0n) is 36.5. The van der Waals surface area contributed by atoms with Crippen LogP contribution in [0.25, 0.3) is 21.5 Å². The van der Waals surface area contributed by atoms with Gasteiger partial charge in [-0.15, -0.1) is 0 Å². The van der Waals surface area contributed by atoms with Gasteiger partial charge in [0.1, 0.15) is 23.1 Å². The highest BCUT2D eigenvalue weighted by atomic mass is 79.9. The molecule has 2 atom stereocenters. The number of ether oxygens (including phenoxy) is 1. The van der Waals surface area contributed by atoms with Gasteiger partial charge in [0.25, 0.3) is 0 Å². The van der Waals surface area contributed by atoms with E-state index in [1.807, 2.05) is 148 Å². The van der Waals surface area contributed by atoms with E-state index in [1.54, 1.807) is 36.7 Å². The van der Waals surface area contributed by atoms with Crippen LogP contribution in [0.3, 0.4) is 0 Å². The molecule has 0 saturated carbocycles. The quantitative estimate of drug-likeness (QED) is 0.0750. The molecule has 0 aliphatic carbocycles. The summed E-state index contributed by atoms with van der Waals surface area (Å²) in [5, 5.41) is 14.1. The summed E-state index contributed by atoms with van der Waals surface area (Å²) in [5.41, 5.74) is 5.34. The van der Waals surface area contributed by atoms with Crippen molar-refractivity contribution in [1.82, 2.24) is 9.97 Å². The first-order chi connectivity index (χ1) is 31.6. The number of phenols is 1. The number of alkyl halides is 1. The molecule has 2 unspecified atom stereocenters. The zero-order chi connectivity index (χ0) is 46.0. The fourth-order valence-corrected chi connectivity index (χ4v) is 7.82. The van der Waals surface area contributed by atoms with Crippen molar-refractivity contribution in [3.05, 3.63) is 216 Å². The predicted octanol–water partition coefficient (Wildman–Crippen LogP) is 12.3. The number of Topliss-reactive ketones (excluding diaryl/α,β-unsaturated/α-hetero) is 4. The highest BCUT2D eigenvalue weighted by Crippen LogP contribution is 2.27. The molecular weight excluding hydrogens is 877 g/mol. The van der Waals surface area contributed by atoms with Crippen molar-refractivity contribution in [2.24, 2.45) is 0 Å². The van der Waals surface area contributed by atoms with Crippen molar-refractivity contribution in [2.45, 2.75) is 51.4 Å². The van der Waals surface area contributed by atoms with Gasteiger partial charge in [-0.25, -0.2) is 0 Å². The van der Waals surface area contributed by atoms with Crippen LogP contribution in [0.4, 0.5) is 0 Å². The van der Waals surface area contributed by atoms with Gasteiger partial charge in [-0.2, -0.15) is 0 Å². The molecular formula is C56H51BrN2O6. The second-order valence-corrected chi connectivity index (χ2v) is 16.0. The molecule has 2 heterocycles. The molecule has 1 N–H and O–H groups in total. The first-order valence-electron chi connectivity index (χ1n) is 21.6. The van der Waals surface area contributed by atoms with Gasteiger partial charge in [0.2, 0.25) is 0 Å². The Morgan fingerprint density at radius 1 is 0.538 bits per heavy atom. The molecule has 0 aliphatic heterocycles. The Morgan fingerprint density at radius 2 is 0.985 bits per heavy atom. The molecule has 8 nitrogen and oxygen atoms in total. The average molecular weight is 928 g/mol. The minimum absolute atomic E-state index is 0.0169. The molecule has 65 heavy (non-hydrogen) atoms. The van der Waals surface area contributed by atoms with Gasteiger partial charge < -0.3 is 9.84 Å². The van der Waals surface area contributed by atoms with E-state index in [4.69, 9.17) is 4.74 Å². The van der Waals surface area contributed by atoms with Crippen LogP contribution in [0.15, 0.2) is 183 Å². The number of ketones is 4. The van der Waals surface area contributed by atoms with E-state index in [1.165, 1.54) is 0 Å². The number of aromatic nitrogens is 2. The van der Waals surface area contributed by atoms with Crippen molar-refractivity contribution in [2.75, 3.05) is 11.9 Å². The number of hydrogen-bond donors (Lipinski definition) is 1. The SMILES string of the molecule is CCC(C(=O)Cc1ccc2cnccc2c1)c1ccc(O)cc1.CCC(C(=O)Cc1ccc2cnccc2c1)c1ccc(OCC(=O)c2ccccc2)cc1.O=C(CBr)c1ccccc1. The monoisotopic (exact) mass is 926 g/mol. The number of aromatic hydroxyl groups is 1. The summed E-state index contributed by atoms with van der Waals surface area (Å²) in [7, 11) is 0. The van der Waals surface area contributed by atoms with Crippen LogP contribution in [0.2, 0.25) is 0 Å². The van der Waals surface area contributed by atoms with Crippen LogP contribution < -0.4 is 4.74 Å². The zero-order valence-corrected chi connectivity index (χ0v) is 38.1. The minimum Gasteiger partial charge on any atom is -0.508 e. The van der Waals surface area contributed by atoms with Crippen molar-refractivity contribution >= 4 is 60.6 Å². The molecule has 0 radical (unpaired) electrons.